The van der Waals surface area contributed by atoms with Crippen LogP contribution in [-0.4, -0.2) is 18.1 Å². The van der Waals surface area contributed by atoms with Crippen LogP contribution < -0.4 is 9.47 Å². The Bertz CT molecular complexity index is 794. The summed E-state index contributed by atoms with van der Waals surface area (Å²) in [5, 5.41) is 2.82. The highest BCUT2D eigenvalue weighted by Gasteiger charge is 2.19. The lowest BCUT2D eigenvalue weighted by Crippen LogP contribution is -2.08. The Balaban J connectivity index is 1.87. The molecule has 0 radical (unpaired) electrons. The number of methoxy groups -OCH3 is 1. The highest BCUT2D eigenvalue weighted by atomic mass is 32.1. The average molecular weight is 331 g/mol. The van der Waals surface area contributed by atoms with Gasteiger partial charge < -0.3 is 9.47 Å². The van der Waals surface area contributed by atoms with Crippen molar-refractivity contribution in [1.82, 2.24) is 4.98 Å². The van der Waals surface area contributed by atoms with Gasteiger partial charge in [0.25, 0.3) is 0 Å². The van der Waals surface area contributed by atoms with E-state index in [-0.39, 0.29) is 0 Å². The quantitative estimate of drug-likeness (QED) is 0.525. The van der Waals surface area contributed by atoms with E-state index >= 15 is 0 Å². The van der Waals surface area contributed by atoms with Crippen molar-refractivity contribution in [2.75, 3.05) is 7.11 Å². The maximum atomic E-state index is 12.4. The second-order valence-corrected chi connectivity index (χ2v) is 6.40. The summed E-state index contributed by atoms with van der Waals surface area (Å²) in [5.41, 5.74) is 0.674. The Kier molecular flexibility index (Phi) is 4.22. The molecular formula is C16H13NO3S2. The molecule has 2 heterocycles. The molecule has 6 heteroatoms. The zero-order chi connectivity index (χ0) is 15.5. The maximum Gasteiger partial charge on any atom is 0.355 e. The van der Waals surface area contributed by atoms with Crippen molar-refractivity contribution < 1.29 is 14.3 Å². The predicted molar refractivity (Wildman–Crippen MR) is 88.1 cm³/mol. The molecule has 1 aromatic carbocycles. The van der Waals surface area contributed by atoms with Crippen LogP contribution in [0.15, 0.2) is 41.8 Å². The van der Waals surface area contributed by atoms with E-state index in [1.807, 2.05) is 30.5 Å². The first-order chi connectivity index (χ1) is 10.7. The minimum absolute atomic E-state index is 0.403. The van der Waals surface area contributed by atoms with Gasteiger partial charge in [-0.05, 0) is 30.5 Å². The Morgan fingerprint density at radius 3 is 2.59 bits per heavy atom. The normalized spacial score (nSPS) is 10.5. The average Bonchev–Trinajstić information content (AvgIpc) is 3.17. The van der Waals surface area contributed by atoms with E-state index in [1.165, 1.54) is 11.3 Å². The number of thiophene rings is 1. The molecule has 0 aliphatic carbocycles. The molecule has 3 rings (SSSR count). The zero-order valence-electron chi connectivity index (χ0n) is 12.0. The van der Waals surface area contributed by atoms with Crippen molar-refractivity contribution in [3.05, 3.63) is 52.3 Å². The first kappa shape index (κ1) is 14.7. The van der Waals surface area contributed by atoms with E-state index in [1.54, 1.807) is 36.6 Å². The molecule has 0 N–H and O–H groups in total. The molecule has 0 aliphatic rings. The topological polar surface area (TPSA) is 48.4 Å². The number of hydrogen-bond acceptors (Lipinski definition) is 6. The largest absolute Gasteiger partial charge is 0.493 e. The van der Waals surface area contributed by atoms with Crippen LogP contribution in [0.5, 0.6) is 11.5 Å². The fourth-order valence-corrected chi connectivity index (χ4v) is 3.68. The van der Waals surface area contributed by atoms with E-state index in [0.717, 1.165) is 9.88 Å². The minimum atomic E-state index is -0.415. The smallest absolute Gasteiger partial charge is 0.355 e. The molecule has 0 atom stereocenters. The van der Waals surface area contributed by atoms with Crippen molar-refractivity contribution in [2.24, 2.45) is 0 Å². The maximum absolute atomic E-state index is 12.4. The minimum Gasteiger partial charge on any atom is -0.493 e. The van der Waals surface area contributed by atoms with E-state index in [4.69, 9.17) is 9.47 Å². The second kappa shape index (κ2) is 6.29. The van der Waals surface area contributed by atoms with Crippen molar-refractivity contribution in [3.63, 3.8) is 0 Å². The van der Waals surface area contributed by atoms with E-state index < -0.39 is 5.97 Å². The van der Waals surface area contributed by atoms with Crippen LogP contribution in [0.3, 0.4) is 0 Å². The summed E-state index contributed by atoms with van der Waals surface area (Å²) in [6.07, 6.45) is 0. The summed E-state index contributed by atoms with van der Waals surface area (Å²) < 4.78 is 10.6. The third-order valence-electron chi connectivity index (χ3n) is 2.99. The van der Waals surface area contributed by atoms with E-state index in [0.29, 0.717) is 22.1 Å². The third kappa shape index (κ3) is 2.88. The highest BCUT2D eigenvalue weighted by Crippen LogP contribution is 2.33. The molecule has 3 aromatic rings. The molecule has 0 saturated heterocycles. The number of rotatable bonds is 4. The van der Waals surface area contributed by atoms with Gasteiger partial charge in [-0.2, -0.15) is 0 Å². The lowest BCUT2D eigenvalue weighted by atomic mass is 10.3. The Hall–Kier alpha value is -2.18. The third-order valence-corrected chi connectivity index (χ3v) is 5.16. The van der Waals surface area contributed by atoms with Gasteiger partial charge in [0.15, 0.2) is 11.5 Å². The molecule has 112 valence electrons. The molecule has 0 unspecified atom stereocenters. The van der Waals surface area contributed by atoms with E-state index in [9.17, 15) is 4.79 Å². The van der Waals surface area contributed by atoms with Gasteiger partial charge in [-0.3, -0.25) is 0 Å². The van der Waals surface area contributed by atoms with Gasteiger partial charge in [-0.15, -0.1) is 22.7 Å². The standard InChI is InChI=1S/C16H13NO3S2/c1-10-14(22-15(17-10)13-8-5-9-21-13)16(18)20-12-7-4-3-6-11(12)19-2/h3-9H,1-2H3. The zero-order valence-corrected chi connectivity index (χ0v) is 13.7. The number of carbonyl (C=O) groups is 1. The monoisotopic (exact) mass is 331 g/mol. The SMILES string of the molecule is COc1ccccc1OC(=O)c1sc(-c2cccs2)nc1C. The van der Waals surface area contributed by atoms with Gasteiger partial charge in [-0.25, -0.2) is 9.78 Å². The molecule has 0 fully saturated rings. The van der Waals surface area contributed by atoms with Crippen molar-refractivity contribution in [3.8, 4) is 21.4 Å². The number of ether oxygens (including phenoxy) is 2. The van der Waals surface area contributed by atoms with Crippen LogP contribution in [0, 0.1) is 6.92 Å². The van der Waals surface area contributed by atoms with Gasteiger partial charge in [0.1, 0.15) is 9.88 Å². The summed E-state index contributed by atoms with van der Waals surface area (Å²) in [6, 6.07) is 11.0. The van der Waals surface area contributed by atoms with Crippen LogP contribution in [0.2, 0.25) is 0 Å². The number of aromatic nitrogens is 1. The number of para-hydroxylation sites is 2. The summed E-state index contributed by atoms with van der Waals surface area (Å²) >= 11 is 2.94. The number of aryl methyl sites for hydroxylation is 1. The fourth-order valence-electron chi connectivity index (χ4n) is 1.94. The molecule has 0 aliphatic heterocycles. The molecule has 0 saturated carbocycles. The lowest BCUT2D eigenvalue weighted by Gasteiger charge is -2.07. The molecule has 0 amide bonds. The van der Waals surface area contributed by atoms with Crippen LogP contribution in [0.1, 0.15) is 15.4 Å². The van der Waals surface area contributed by atoms with Gasteiger partial charge >= 0.3 is 5.97 Å². The van der Waals surface area contributed by atoms with Crippen molar-refractivity contribution in [1.29, 1.82) is 0 Å². The first-order valence-electron chi connectivity index (χ1n) is 6.55. The number of nitrogens with zero attached hydrogens (tertiary/aromatic N) is 1. The Morgan fingerprint density at radius 1 is 1.14 bits per heavy atom. The summed E-state index contributed by atoms with van der Waals surface area (Å²) in [5.74, 6) is 0.513. The molecule has 22 heavy (non-hydrogen) atoms. The van der Waals surface area contributed by atoms with Crippen LogP contribution in [0.4, 0.5) is 0 Å². The number of carbonyl (C=O) groups excluding carboxylic acids is 1. The van der Waals surface area contributed by atoms with Gasteiger partial charge in [-0.1, -0.05) is 18.2 Å². The second-order valence-electron chi connectivity index (χ2n) is 4.45. The highest BCUT2D eigenvalue weighted by molar-refractivity contribution is 7.22. The van der Waals surface area contributed by atoms with E-state index in [2.05, 4.69) is 4.98 Å². The first-order valence-corrected chi connectivity index (χ1v) is 8.25. The molecular weight excluding hydrogens is 318 g/mol. The Labute approximate surface area is 136 Å². The summed E-state index contributed by atoms with van der Waals surface area (Å²) in [4.78, 5) is 18.4. The fraction of sp³-hybridized carbons (Fsp3) is 0.125. The van der Waals surface area contributed by atoms with Crippen LogP contribution in [-0.2, 0) is 0 Å². The molecule has 0 bridgehead atoms. The Morgan fingerprint density at radius 2 is 1.91 bits per heavy atom. The van der Waals surface area contributed by atoms with Gasteiger partial charge in [0.05, 0.1) is 17.7 Å². The lowest BCUT2D eigenvalue weighted by molar-refractivity contribution is 0.0734. The number of benzene rings is 1. The van der Waals surface area contributed by atoms with Crippen LogP contribution in [0.25, 0.3) is 9.88 Å². The molecule has 4 nitrogen and oxygen atoms in total. The number of hydrogen-bond donors (Lipinski definition) is 0. The van der Waals surface area contributed by atoms with Gasteiger partial charge in [0, 0.05) is 0 Å². The van der Waals surface area contributed by atoms with Crippen molar-refractivity contribution >= 4 is 28.6 Å². The molecule has 2 aromatic heterocycles. The summed E-state index contributed by atoms with van der Waals surface area (Å²) in [6.45, 7) is 1.81. The predicted octanol–water partition coefficient (Wildman–Crippen LogP) is 4.41. The van der Waals surface area contributed by atoms with Gasteiger partial charge in [0.2, 0.25) is 0 Å². The summed E-state index contributed by atoms with van der Waals surface area (Å²) in [7, 11) is 1.54. The number of thiazole rings is 1. The molecule has 0 spiro atoms. The van der Waals surface area contributed by atoms with Crippen LogP contribution >= 0.6 is 22.7 Å². The number of esters is 1. The van der Waals surface area contributed by atoms with Crippen molar-refractivity contribution in [2.45, 2.75) is 6.92 Å².